The minimum atomic E-state index is -0.216. The maximum Gasteiger partial charge on any atom is 0.123 e. The van der Waals surface area contributed by atoms with Crippen LogP contribution < -0.4 is 11.3 Å². The lowest BCUT2D eigenvalue weighted by atomic mass is 9.98. The molecule has 18 heavy (non-hydrogen) atoms. The van der Waals surface area contributed by atoms with Crippen LogP contribution in [0.4, 0.5) is 4.39 Å². The van der Waals surface area contributed by atoms with E-state index in [1.54, 1.807) is 12.1 Å². The van der Waals surface area contributed by atoms with Gasteiger partial charge in [-0.3, -0.25) is 11.3 Å². The van der Waals surface area contributed by atoms with Gasteiger partial charge in [0, 0.05) is 6.04 Å². The van der Waals surface area contributed by atoms with E-state index in [9.17, 15) is 4.39 Å². The van der Waals surface area contributed by atoms with Crippen molar-refractivity contribution in [3.05, 3.63) is 71.0 Å². The van der Waals surface area contributed by atoms with Crippen LogP contribution in [0.3, 0.4) is 0 Å². The number of hydrazine groups is 1. The highest BCUT2D eigenvalue weighted by Crippen LogP contribution is 2.18. The standard InChI is InChI=1S/C15H17FN2/c1-11-5-7-13(8-6-11)15(18-17)10-12-3-2-4-14(16)9-12/h2-9,15,18H,10,17H2,1H3. The van der Waals surface area contributed by atoms with Gasteiger partial charge in [-0.15, -0.1) is 0 Å². The molecule has 0 aliphatic heterocycles. The van der Waals surface area contributed by atoms with Crippen LogP contribution in [-0.4, -0.2) is 0 Å². The number of aryl methyl sites for hydroxylation is 1. The van der Waals surface area contributed by atoms with Crippen LogP contribution in [0.1, 0.15) is 22.7 Å². The fourth-order valence-electron chi connectivity index (χ4n) is 1.97. The third-order valence-electron chi connectivity index (χ3n) is 3.01. The van der Waals surface area contributed by atoms with Gasteiger partial charge in [-0.1, -0.05) is 42.0 Å². The Kier molecular flexibility index (Phi) is 4.07. The first-order valence-corrected chi connectivity index (χ1v) is 5.96. The molecule has 0 amide bonds. The lowest BCUT2D eigenvalue weighted by Gasteiger charge is -2.16. The molecular formula is C15H17FN2. The van der Waals surface area contributed by atoms with Crippen molar-refractivity contribution in [1.29, 1.82) is 0 Å². The fraction of sp³-hybridized carbons (Fsp3) is 0.200. The molecule has 0 aromatic heterocycles. The highest BCUT2D eigenvalue weighted by molar-refractivity contribution is 5.26. The minimum Gasteiger partial charge on any atom is -0.271 e. The second kappa shape index (κ2) is 5.76. The van der Waals surface area contributed by atoms with E-state index in [2.05, 4.69) is 5.43 Å². The topological polar surface area (TPSA) is 38.0 Å². The van der Waals surface area contributed by atoms with Crippen molar-refractivity contribution in [2.75, 3.05) is 0 Å². The zero-order valence-electron chi connectivity index (χ0n) is 10.4. The Bertz CT molecular complexity index is 508. The predicted octanol–water partition coefficient (Wildman–Crippen LogP) is 2.88. The Balaban J connectivity index is 2.17. The van der Waals surface area contributed by atoms with E-state index in [-0.39, 0.29) is 11.9 Å². The number of nitrogens with one attached hydrogen (secondary N) is 1. The first kappa shape index (κ1) is 12.7. The lowest BCUT2D eigenvalue weighted by Crippen LogP contribution is -2.29. The van der Waals surface area contributed by atoms with Gasteiger partial charge >= 0.3 is 0 Å². The maximum absolute atomic E-state index is 13.1. The van der Waals surface area contributed by atoms with Crippen molar-refractivity contribution in [2.45, 2.75) is 19.4 Å². The monoisotopic (exact) mass is 244 g/mol. The van der Waals surface area contributed by atoms with Crippen molar-refractivity contribution >= 4 is 0 Å². The summed E-state index contributed by atoms with van der Waals surface area (Å²) in [5.74, 6) is 5.37. The van der Waals surface area contributed by atoms with Gasteiger partial charge in [0.1, 0.15) is 5.82 Å². The number of hydrogen-bond acceptors (Lipinski definition) is 2. The first-order valence-electron chi connectivity index (χ1n) is 5.96. The van der Waals surface area contributed by atoms with Crippen LogP contribution in [-0.2, 0) is 6.42 Å². The summed E-state index contributed by atoms with van der Waals surface area (Å²) in [7, 11) is 0. The van der Waals surface area contributed by atoms with Gasteiger partial charge in [0.25, 0.3) is 0 Å². The molecule has 0 bridgehead atoms. The average Bonchev–Trinajstić information content (AvgIpc) is 2.37. The molecule has 0 spiro atoms. The normalized spacial score (nSPS) is 12.4. The van der Waals surface area contributed by atoms with Gasteiger partial charge in [-0.25, -0.2) is 4.39 Å². The number of halogens is 1. The number of nitrogens with two attached hydrogens (primary N) is 1. The molecule has 2 rings (SSSR count). The third-order valence-corrected chi connectivity index (χ3v) is 3.01. The van der Waals surface area contributed by atoms with Gasteiger partial charge < -0.3 is 0 Å². The molecule has 3 heteroatoms. The maximum atomic E-state index is 13.1. The molecule has 0 fully saturated rings. The summed E-state index contributed by atoms with van der Waals surface area (Å²) >= 11 is 0. The van der Waals surface area contributed by atoms with E-state index >= 15 is 0 Å². The molecule has 1 unspecified atom stereocenters. The summed E-state index contributed by atoms with van der Waals surface area (Å²) in [5.41, 5.74) is 6.03. The smallest absolute Gasteiger partial charge is 0.123 e. The Hall–Kier alpha value is -1.71. The van der Waals surface area contributed by atoms with Gasteiger partial charge in [0.2, 0.25) is 0 Å². The molecule has 0 saturated heterocycles. The van der Waals surface area contributed by atoms with E-state index in [1.165, 1.54) is 11.6 Å². The van der Waals surface area contributed by atoms with Crippen LogP contribution in [0.25, 0.3) is 0 Å². The van der Waals surface area contributed by atoms with Crippen LogP contribution in [0, 0.1) is 12.7 Å². The molecule has 0 heterocycles. The molecule has 1 atom stereocenters. The van der Waals surface area contributed by atoms with Crippen LogP contribution in [0.2, 0.25) is 0 Å². The summed E-state index contributed by atoms with van der Waals surface area (Å²) in [6, 6.07) is 14.8. The lowest BCUT2D eigenvalue weighted by molar-refractivity contribution is 0.548. The molecule has 2 nitrogen and oxygen atoms in total. The number of benzene rings is 2. The fourth-order valence-corrected chi connectivity index (χ4v) is 1.97. The minimum absolute atomic E-state index is 0.00704. The van der Waals surface area contributed by atoms with E-state index in [0.29, 0.717) is 6.42 Å². The molecule has 94 valence electrons. The molecule has 3 N–H and O–H groups in total. The summed E-state index contributed by atoms with van der Waals surface area (Å²) < 4.78 is 13.1. The summed E-state index contributed by atoms with van der Waals surface area (Å²) in [5, 5.41) is 0. The molecule has 2 aromatic rings. The van der Waals surface area contributed by atoms with Crippen LogP contribution in [0.15, 0.2) is 48.5 Å². The van der Waals surface area contributed by atoms with Crippen molar-refractivity contribution < 1.29 is 4.39 Å². The molecular weight excluding hydrogens is 227 g/mol. The van der Waals surface area contributed by atoms with Gasteiger partial charge in [-0.05, 0) is 36.6 Å². The highest BCUT2D eigenvalue weighted by atomic mass is 19.1. The zero-order valence-corrected chi connectivity index (χ0v) is 10.4. The second-order valence-electron chi connectivity index (χ2n) is 4.46. The molecule has 0 radical (unpaired) electrons. The molecule has 0 saturated carbocycles. The van der Waals surface area contributed by atoms with Crippen molar-refractivity contribution in [3.8, 4) is 0 Å². The van der Waals surface area contributed by atoms with Crippen LogP contribution >= 0.6 is 0 Å². The summed E-state index contributed by atoms with van der Waals surface area (Å²) in [6.07, 6.45) is 0.664. The summed E-state index contributed by atoms with van der Waals surface area (Å²) in [4.78, 5) is 0. The molecule has 0 aliphatic carbocycles. The van der Waals surface area contributed by atoms with Gasteiger partial charge in [-0.2, -0.15) is 0 Å². The van der Waals surface area contributed by atoms with Crippen molar-refractivity contribution in [2.24, 2.45) is 5.84 Å². The Morgan fingerprint density at radius 1 is 1.17 bits per heavy atom. The highest BCUT2D eigenvalue weighted by Gasteiger charge is 2.10. The third kappa shape index (κ3) is 3.15. The van der Waals surface area contributed by atoms with E-state index < -0.39 is 0 Å². The Morgan fingerprint density at radius 2 is 1.89 bits per heavy atom. The van der Waals surface area contributed by atoms with Crippen molar-refractivity contribution in [1.82, 2.24) is 5.43 Å². The van der Waals surface area contributed by atoms with E-state index in [0.717, 1.165) is 11.1 Å². The van der Waals surface area contributed by atoms with Gasteiger partial charge in [0.15, 0.2) is 0 Å². The quantitative estimate of drug-likeness (QED) is 0.641. The second-order valence-corrected chi connectivity index (χ2v) is 4.46. The van der Waals surface area contributed by atoms with E-state index in [1.807, 2.05) is 37.3 Å². The molecule has 2 aromatic carbocycles. The van der Waals surface area contributed by atoms with Crippen LogP contribution in [0.5, 0.6) is 0 Å². The van der Waals surface area contributed by atoms with E-state index in [4.69, 9.17) is 5.84 Å². The Labute approximate surface area is 107 Å². The van der Waals surface area contributed by atoms with Gasteiger partial charge in [0.05, 0.1) is 0 Å². The zero-order chi connectivity index (χ0) is 13.0. The van der Waals surface area contributed by atoms with Crippen molar-refractivity contribution in [3.63, 3.8) is 0 Å². The summed E-state index contributed by atoms with van der Waals surface area (Å²) in [6.45, 7) is 2.04. The largest absolute Gasteiger partial charge is 0.271 e. The average molecular weight is 244 g/mol. The molecule has 0 aliphatic rings. The SMILES string of the molecule is Cc1ccc(C(Cc2cccc(F)c2)NN)cc1. The predicted molar refractivity (Wildman–Crippen MR) is 71.3 cm³/mol. The first-order chi connectivity index (χ1) is 8.69. The number of rotatable bonds is 4. The number of hydrogen-bond donors (Lipinski definition) is 2. The Morgan fingerprint density at radius 3 is 2.50 bits per heavy atom.